The Hall–Kier alpha value is -3.39. The van der Waals surface area contributed by atoms with Crippen LogP contribution in [-0.4, -0.2) is 35.4 Å². The Balaban J connectivity index is 1.72. The van der Waals surface area contributed by atoms with Gasteiger partial charge in [-0.3, -0.25) is 4.98 Å². The maximum atomic E-state index is 12.2. The molecule has 0 aliphatic rings. The van der Waals surface area contributed by atoms with Gasteiger partial charge in [-0.1, -0.05) is 18.2 Å². The van der Waals surface area contributed by atoms with Crippen molar-refractivity contribution in [1.82, 2.24) is 15.6 Å². The lowest BCUT2D eigenvalue weighted by atomic mass is 10.1. The molecule has 3 aromatic rings. The Labute approximate surface area is 193 Å². The normalized spacial score (nSPS) is 12.0. The molecule has 0 aliphatic carbocycles. The van der Waals surface area contributed by atoms with Crippen LogP contribution in [0.25, 0.3) is 10.8 Å². The lowest BCUT2D eigenvalue weighted by Gasteiger charge is -2.24. The van der Waals surface area contributed by atoms with Crippen molar-refractivity contribution in [1.29, 1.82) is 0 Å². The number of pyridine rings is 1. The van der Waals surface area contributed by atoms with Crippen LogP contribution in [0, 0.1) is 0 Å². The van der Waals surface area contributed by atoms with Gasteiger partial charge in [-0.2, -0.15) is 0 Å². The number of amides is 1. The van der Waals surface area contributed by atoms with E-state index in [1.54, 1.807) is 13.3 Å². The number of nitrogens with zero attached hydrogens (tertiary/aromatic N) is 1. The third-order valence-corrected chi connectivity index (χ3v) is 4.77. The van der Waals surface area contributed by atoms with Crippen LogP contribution < -0.4 is 20.7 Å². The molecule has 8 heteroatoms. The lowest BCUT2D eigenvalue weighted by molar-refractivity contribution is 0.0523. The lowest BCUT2D eigenvalue weighted by Crippen LogP contribution is -2.41. The molecule has 0 aliphatic heterocycles. The van der Waals surface area contributed by atoms with Gasteiger partial charge in [0.2, 0.25) is 0 Å². The zero-order valence-corrected chi connectivity index (χ0v) is 19.5. The number of carbonyl (C=O) groups is 1. The van der Waals surface area contributed by atoms with Gasteiger partial charge >= 0.3 is 6.09 Å². The molecule has 0 saturated heterocycles. The first-order chi connectivity index (χ1) is 15.2. The zero-order valence-electron chi connectivity index (χ0n) is 18.6. The average molecular weight is 453 g/mol. The summed E-state index contributed by atoms with van der Waals surface area (Å²) >= 11 is 5.55. The molecule has 1 heterocycles. The number of anilines is 1. The molecule has 3 N–H and O–H groups in total. The quantitative estimate of drug-likeness (QED) is 0.464. The number of ether oxygens (including phenoxy) is 2. The van der Waals surface area contributed by atoms with Crippen LogP contribution in [0.3, 0.4) is 0 Å². The molecule has 168 valence electrons. The molecule has 0 spiro atoms. The molecule has 1 aromatic heterocycles. The minimum atomic E-state index is -0.578. The number of methoxy groups -OCH3 is 1. The molecular weight excluding hydrogens is 424 g/mol. The first-order valence-electron chi connectivity index (χ1n) is 10.3. The van der Waals surface area contributed by atoms with Gasteiger partial charge in [0.1, 0.15) is 11.4 Å². The van der Waals surface area contributed by atoms with Gasteiger partial charge in [-0.25, -0.2) is 4.79 Å². The van der Waals surface area contributed by atoms with Gasteiger partial charge in [0, 0.05) is 30.0 Å². The molecule has 32 heavy (non-hydrogen) atoms. The van der Waals surface area contributed by atoms with Crippen molar-refractivity contribution < 1.29 is 14.3 Å². The molecule has 0 saturated carbocycles. The van der Waals surface area contributed by atoms with Crippen LogP contribution in [-0.2, 0) is 4.74 Å². The number of thiocarbonyl (C=S) groups is 1. The summed E-state index contributed by atoms with van der Waals surface area (Å²) in [6, 6.07) is 15.2. The number of hydrogen-bond acceptors (Lipinski definition) is 5. The number of rotatable bonds is 6. The maximum absolute atomic E-state index is 12.2. The number of hydrogen-bond donors (Lipinski definition) is 3. The van der Waals surface area contributed by atoms with Crippen molar-refractivity contribution in [2.45, 2.75) is 32.4 Å². The monoisotopic (exact) mass is 452 g/mol. The highest BCUT2D eigenvalue weighted by atomic mass is 32.1. The van der Waals surface area contributed by atoms with Crippen molar-refractivity contribution >= 4 is 39.9 Å². The fourth-order valence-corrected chi connectivity index (χ4v) is 3.36. The number of benzene rings is 2. The summed E-state index contributed by atoms with van der Waals surface area (Å²) in [6.45, 7) is 5.74. The van der Waals surface area contributed by atoms with Gasteiger partial charge in [0.05, 0.1) is 13.2 Å². The molecule has 1 atom stereocenters. The fraction of sp³-hybridized carbons (Fsp3) is 0.292. The number of alkyl carbamates (subject to hydrolysis) is 1. The number of nitrogens with one attached hydrogen (secondary N) is 3. The van der Waals surface area contributed by atoms with Crippen molar-refractivity contribution in [3.05, 3.63) is 66.5 Å². The van der Waals surface area contributed by atoms with Crippen LogP contribution in [0.2, 0.25) is 0 Å². The van der Waals surface area contributed by atoms with Crippen molar-refractivity contribution in [3.63, 3.8) is 0 Å². The highest BCUT2D eigenvalue weighted by Crippen LogP contribution is 2.21. The predicted molar refractivity (Wildman–Crippen MR) is 131 cm³/mol. The van der Waals surface area contributed by atoms with Crippen LogP contribution >= 0.6 is 12.2 Å². The van der Waals surface area contributed by atoms with E-state index in [0.29, 0.717) is 10.9 Å². The van der Waals surface area contributed by atoms with E-state index in [9.17, 15) is 4.79 Å². The highest BCUT2D eigenvalue weighted by molar-refractivity contribution is 7.80. The second-order valence-corrected chi connectivity index (χ2v) is 8.66. The molecular formula is C24H28N4O3S. The maximum Gasteiger partial charge on any atom is 0.407 e. The Kier molecular flexibility index (Phi) is 7.48. The fourth-order valence-electron chi connectivity index (χ4n) is 3.10. The van der Waals surface area contributed by atoms with Crippen molar-refractivity contribution in [3.8, 4) is 5.75 Å². The summed E-state index contributed by atoms with van der Waals surface area (Å²) in [5.74, 6) is 0.716. The van der Waals surface area contributed by atoms with E-state index in [4.69, 9.17) is 21.7 Å². The third kappa shape index (κ3) is 6.81. The van der Waals surface area contributed by atoms with Crippen molar-refractivity contribution in [2.75, 3.05) is 19.0 Å². The molecule has 2 aromatic carbocycles. The summed E-state index contributed by atoms with van der Waals surface area (Å²) in [5.41, 5.74) is 1.19. The number of aromatic nitrogens is 1. The van der Waals surface area contributed by atoms with Crippen LogP contribution in [0.4, 0.5) is 10.5 Å². The predicted octanol–water partition coefficient (Wildman–Crippen LogP) is 4.80. The molecule has 7 nitrogen and oxygen atoms in total. The van der Waals surface area contributed by atoms with E-state index in [1.165, 1.54) is 0 Å². The summed E-state index contributed by atoms with van der Waals surface area (Å²) < 4.78 is 10.7. The van der Waals surface area contributed by atoms with Gasteiger partial charge < -0.3 is 25.4 Å². The smallest absolute Gasteiger partial charge is 0.407 e. The molecule has 0 fully saturated rings. The Morgan fingerprint density at radius 3 is 2.69 bits per heavy atom. The van der Waals surface area contributed by atoms with E-state index < -0.39 is 11.7 Å². The standard InChI is InChI=1S/C24H28N4O3S/c1-24(2,3)31-23(29)26-15-21(17-6-5-7-20(13-17)30-4)28-22(32)27-19-9-8-18-14-25-11-10-16(18)12-19/h5-14,21H,15H2,1-4H3,(H,26,29)(H2,27,28,32). The largest absolute Gasteiger partial charge is 0.497 e. The van der Waals surface area contributed by atoms with Gasteiger partial charge in [-0.05, 0) is 74.3 Å². The minimum Gasteiger partial charge on any atom is -0.497 e. The second kappa shape index (κ2) is 10.3. The Morgan fingerprint density at radius 1 is 1.12 bits per heavy atom. The second-order valence-electron chi connectivity index (χ2n) is 8.25. The minimum absolute atomic E-state index is 0.271. The van der Waals surface area contributed by atoms with Gasteiger partial charge in [0.15, 0.2) is 5.11 Å². The molecule has 0 radical (unpaired) electrons. The number of fused-ring (bicyclic) bond motifs is 1. The molecule has 3 rings (SSSR count). The third-order valence-electron chi connectivity index (χ3n) is 4.55. The molecule has 1 amide bonds. The SMILES string of the molecule is COc1cccc(C(CNC(=O)OC(C)(C)C)NC(=S)Nc2ccc3cnccc3c2)c1. The topological polar surface area (TPSA) is 84.5 Å². The van der Waals surface area contributed by atoms with Crippen LogP contribution in [0.5, 0.6) is 5.75 Å². The van der Waals surface area contributed by atoms with Crippen LogP contribution in [0.1, 0.15) is 32.4 Å². The number of carbonyl (C=O) groups excluding carboxylic acids is 1. The first kappa shape index (κ1) is 23.3. The van der Waals surface area contributed by atoms with E-state index in [-0.39, 0.29) is 12.6 Å². The van der Waals surface area contributed by atoms with Crippen LogP contribution in [0.15, 0.2) is 60.9 Å². The highest BCUT2D eigenvalue weighted by Gasteiger charge is 2.19. The van der Waals surface area contributed by atoms with Gasteiger partial charge in [0.25, 0.3) is 0 Å². The molecule has 1 unspecified atom stereocenters. The van der Waals surface area contributed by atoms with E-state index in [0.717, 1.165) is 22.0 Å². The van der Waals surface area contributed by atoms with E-state index >= 15 is 0 Å². The summed E-state index contributed by atoms with van der Waals surface area (Å²) in [6.07, 6.45) is 3.08. The summed E-state index contributed by atoms with van der Waals surface area (Å²) in [7, 11) is 1.61. The van der Waals surface area contributed by atoms with E-state index in [1.807, 2.05) is 75.5 Å². The zero-order chi connectivity index (χ0) is 23.1. The average Bonchev–Trinajstić information content (AvgIpc) is 2.75. The first-order valence-corrected chi connectivity index (χ1v) is 10.7. The van der Waals surface area contributed by atoms with Crippen molar-refractivity contribution in [2.24, 2.45) is 0 Å². The Morgan fingerprint density at radius 2 is 1.94 bits per heavy atom. The Bertz CT molecular complexity index is 1100. The van der Waals surface area contributed by atoms with E-state index in [2.05, 4.69) is 20.9 Å². The van der Waals surface area contributed by atoms with Gasteiger partial charge in [-0.15, -0.1) is 0 Å². The molecule has 0 bridgehead atoms. The summed E-state index contributed by atoms with van der Waals surface area (Å²) in [5, 5.41) is 11.8. The summed E-state index contributed by atoms with van der Waals surface area (Å²) in [4.78, 5) is 16.3.